The number of hydrogen-bond donors (Lipinski definition) is 2. The van der Waals surface area contributed by atoms with Crippen molar-refractivity contribution < 1.29 is 14.7 Å². The Balaban J connectivity index is 2.95. The molecule has 0 radical (unpaired) electrons. The van der Waals surface area contributed by atoms with Crippen LogP contribution in [0.5, 0.6) is 0 Å². The first-order valence-electron chi connectivity index (χ1n) is 6.57. The predicted molar refractivity (Wildman–Crippen MR) is 73.4 cm³/mol. The second kappa shape index (κ2) is 6.02. The van der Waals surface area contributed by atoms with Gasteiger partial charge < -0.3 is 10.4 Å². The average molecular weight is 282 g/mol. The standard InChI is InChI=1S/C13H22N4O3/c1-8(2)6-9-11(12(19)20)15-16-17(9)7-10(18)14-13(3,4)5/h8H,6-7H2,1-5H3,(H,14,18)(H,19,20). The van der Waals surface area contributed by atoms with Crippen molar-refractivity contribution in [2.75, 3.05) is 0 Å². The van der Waals surface area contributed by atoms with Crippen LogP contribution in [0.1, 0.15) is 50.8 Å². The summed E-state index contributed by atoms with van der Waals surface area (Å²) in [5.74, 6) is -1.09. The number of nitrogens with one attached hydrogen (secondary N) is 1. The number of carbonyl (C=O) groups excluding carboxylic acids is 1. The molecular formula is C13H22N4O3. The molecule has 1 amide bonds. The van der Waals surface area contributed by atoms with Crippen LogP contribution in [0.25, 0.3) is 0 Å². The number of rotatable bonds is 5. The van der Waals surface area contributed by atoms with Gasteiger partial charge in [0.1, 0.15) is 6.54 Å². The van der Waals surface area contributed by atoms with Crippen molar-refractivity contribution in [2.24, 2.45) is 5.92 Å². The summed E-state index contributed by atoms with van der Waals surface area (Å²) in [6, 6.07) is 0. The molecule has 0 saturated heterocycles. The number of amides is 1. The summed E-state index contributed by atoms with van der Waals surface area (Å²) in [4.78, 5) is 23.0. The van der Waals surface area contributed by atoms with Gasteiger partial charge in [0.15, 0.2) is 5.69 Å². The molecule has 1 aromatic rings. The third-order valence-corrected chi connectivity index (χ3v) is 2.45. The quantitative estimate of drug-likeness (QED) is 0.842. The molecule has 20 heavy (non-hydrogen) atoms. The highest BCUT2D eigenvalue weighted by molar-refractivity contribution is 5.86. The maximum Gasteiger partial charge on any atom is 0.358 e. The maximum atomic E-state index is 11.9. The van der Waals surface area contributed by atoms with Crippen LogP contribution < -0.4 is 5.32 Å². The first-order chi connectivity index (χ1) is 9.10. The second-order valence-corrected chi connectivity index (χ2v) is 6.24. The van der Waals surface area contributed by atoms with E-state index in [1.54, 1.807) is 0 Å². The Bertz CT molecular complexity index is 500. The van der Waals surface area contributed by atoms with E-state index in [0.29, 0.717) is 12.1 Å². The van der Waals surface area contributed by atoms with Gasteiger partial charge in [-0.15, -0.1) is 5.10 Å². The number of carboxylic acid groups (broad SMARTS) is 1. The minimum atomic E-state index is -1.12. The lowest BCUT2D eigenvalue weighted by atomic mass is 10.1. The van der Waals surface area contributed by atoms with E-state index in [2.05, 4.69) is 15.6 Å². The molecule has 7 nitrogen and oxygen atoms in total. The van der Waals surface area contributed by atoms with E-state index in [1.165, 1.54) is 4.68 Å². The maximum absolute atomic E-state index is 11.9. The van der Waals surface area contributed by atoms with Crippen LogP contribution in [0.15, 0.2) is 0 Å². The fourth-order valence-electron chi connectivity index (χ4n) is 1.81. The van der Waals surface area contributed by atoms with Gasteiger partial charge in [0.2, 0.25) is 5.91 Å². The monoisotopic (exact) mass is 282 g/mol. The molecule has 0 spiro atoms. The van der Waals surface area contributed by atoms with E-state index < -0.39 is 5.97 Å². The van der Waals surface area contributed by atoms with Crippen LogP contribution in [0.3, 0.4) is 0 Å². The van der Waals surface area contributed by atoms with Crippen molar-refractivity contribution in [3.05, 3.63) is 11.4 Å². The molecule has 0 atom stereocenters. The summed E-state index contributed by atoms with van der Waals surface area (Å²) in [7, 11) is 0. The van der Waals surface area contributed by atoms with Gasteiger partial charge in [-0.2, -0.15) is 0 Å². The third-order valence-electron chi connectivity index (χ3n) is 2.45. The SMILES string of the molecule is CC(C)Cc1c(C(=O)O)nnn1CC(=O)NC(C)(C)C. The minimum absolute atomic E-state index is 0.0282. The first kappa shape index (κ1) is 16.1. The Kier molecular flexibility index (Phi) is 4.86. The largest absolute Gasteiger partial charge is 0.476 e. The Hall–Kier alpha value is -1.92. The van der Waals surface area contributed by atoms with Gasteiger partial charge in [-0.1, -0.05) is 19.1 Å². The predicted octanol–water partition coefficient (Wildman–Crippen LogP) is 1.09. The molecule has 1 aromatic heterocycles. The molecule has 0 aliphatic heterocycles. The Morgan fingerprint density at radius 2 is 1.95 bits per heavy atom. The average Bonchev–Trinajstić information content (AvgIpc) is 2.57. The van der Waals surface area contributed by atoms with Crippen molar-refractivity contribution >= 4 is 11.9 Å². The lowest BCUT2D eigenvalue weighted by Gasteiger charge is -2.20. The van der Waals surface area contributed by atoms with E-state index in [4.69, 9.17) is 5.11 Å². The van der Waals surface area contributed by atoms with Gasteiger partial charge in [-0.05, 0) is 33.1 Å². The molecule has 0 bridgehead atoms. The molecule has 0 saturated carbocycles. The van der Waals surface area contributed by atoms with Crippen LogP contribution in [-0.4, -0.2) is 37.5 Å². The highest BCUT2D eigenvalue weighted by atomic mass is 16.4. The van der Waals surface area contributed by atoms with Crippen molar-refractivity contribution in [1.29, 1.82) is 0 Å². The summed E-state index contributed by atoms with van der Waals surface area (Å²) < 4.78 is 1.37. The van der Waals surface area contributed by atoms with Crippen LogP contribution in [0.4, 0.5) is 0 Å². The lowest BCUT2D eigenvalue weighted by molar-refractivity contribution is -0.123. The molecule has 0 aromatic carbocycles. The minimum Gasteiger partial charge on any atom is -0.476 e. The van der Waals surface area contributed by atoms with Crippen LogP contribution >= 0.6 is 0 Å². The summed E-state index contributed by atoms with van der Waals surface area (Å²) in [6.07, 6.45) is 0.511. The Morgan fingerprint density at radius 3 is 2.40 bits per heavy atom. The molecule has 0 aliphatic rings. The summed E-state index contributed by atoms with van der Waals surface area (Å²) in [5, 5.41) is 19.3. The number of aromatic carboxylic acids is 1. The fraction of sp³-hybridized carbons (Fsp3) is 0.692. The number of carboxylic acids is 1. The van der Waals surface area contributed by atoms with Gasteiger partial charge in [0, 0.05) is 5.54 Å². The molecule has 0 aliphatic carbocycles. The highest BCUT2D eigenvalue weighted by Gasteiger charge is 2.22. The van der Waals surface area contributed by atoms with Gasteiger partial charge in [0.25, 0.3) is 0 Å². The molecule has 112 valence electrons. The van der Waals surface area contributed by atoms with Crippen LogP contribution in [-0.2, 0) is 17.8 Å². The van der Waals surface area contributed by atoms with Crippen LogP contribution in [0.2, 0.25) is 0 Å². The fourth-order valence-corrected chi connectivity index (χ4v) is 1.81. The van der Waals surface area contributed by atoms with E-state index in [1.807, 2.05) is 34.6 Å². The van der Waals surface area contributed by atoms with Gasteiger partial charge in [-0.25, -0.2) is 9.48 Å². The smallest absolute Gasteiger partial charge is 0.358 e. The molecule has 0 fully saturated rings. The zero-order chi connectivity index (χ0) is 15.5. The number of hydrogen-bond acceptors (Lipinski definition) is 4. The molecular weight excluding hydrogens is 260 g/mol. The van der Waals surface area contributed by atoms with Gasteiger partial charge in [0.05, 0.1) is 5.69 Å². The van der Waals surface area contributed by atoms with Gasteiger partial charge in [-0.3, -0.25) is 4.79 Å². The number of aromatic nitrogens is 3. The van der Waals surface area contributed by atoms with Crippen LogP contribution in [0, 0.1) is 5.92 Å². The van der Waals surface area contributed by atoms with Crippen molar-refractivity contribution in [3.63, 3.8) is 0 Å². The molecule has 1 heterocycles. The molecule has 0 unspecified atom stereocenters. The molecule has 7 heteroatoms. The third kappa shape index (κ3) is 4.64. The Morgan fingerprint density at radius 1 is 1.35 bits per heavy atom. The van der Waals surface area contributed by atoms with Crippen molar-refractivity contribution in [2.45, 2.75) is 53.1 Å². The normalized spacial score (nSPS) is 11.7. The summed E-state index contributed by atoms with van der Waals surface area (Å²) >= 11 is 0. The summed E-state index contributed by atoms with van der Waals surface area (Å²) in [5.41, 5.74) is 0.0599. The number of nitrogens with zero attached hydrogens (tertiary/aromatic N) is 3. The van der Waals surface area contributed by atoms with Gasteiger partial charge >= 0.3 is 5.97 Å². The summed E-state index contributed by atoms with van der Waals surface area (Å²) in [6.45, 7) is 9.55. The van der Waals surface area contributed by atoms with E-state index in [0.717, 1.165) is 0 Å². The molecule has 2 N–H and O–H groups in total. The van der Waals surface area contributed by atoms with E-state index in [9.17, 15) is 9.59 Å². The number of carbonyl (C=O) groups is 2. The Labute approximate surface area is 118 Å². The highest BCUT2D eigenvalue weighted by Crippen LogP contribution is 2.12. The molecule has 1 rings (SSSR count). The van der Waals surface area contributed by atoms with E-state index in [-0.39, 0.29) is 29.6 Å². The lowest BCUT2D eigenvalue weighted by Crippen LogP contribution is -2.42. The second-order valence-electron chi connectivity index (χ2n) is 6.24. The first-order valence-corrected chi connectivity index (χ1v) is 6.57. The zero-order valence-electron chi connectivity index (χ0n) is 12.6. The van der Waals surface area contributed by atoms with Crippen molar-refractivity contribution in [3.8, 4) is 0 Å². The van der Waals surface area contributed by atoms with Crippen molar-refractivity contribution in [1.82, 2.24) is 20.3 Å². The topological polar surface area (TPSA) is 97.1 Å². The zero-order valence-corrected chi connectivity index (χ0v) is 12.6. The van der Waals surface area contributed by atoms with E-state index >= 15 is 0 Å².